The first-order valence-electron chi connectivity index (χ1n) is 14.5. The molecule has 238 valence electrons. The normalized spacial score (nSPS) is 17.3. The summed E-state index contributed by atoms with van der Waals surface area (Å²) in [6.07, 6.45) is 0.757. The molecule has 13 nitrogen and oxygen atoms in total. The second-order valence-corrected chi connectivity index (χ2v) is 11.4. The van der Waals surface area contributed by atoms with Gasteiger partial charge in [-0.25, -0.2) is 4.79 Å². The third-order valence-corrected chi connectivity index (χ3v) is 7.48. The molecule has 4 amide bonds. The van der Waals surface area contributed by atoms with Crippen molar-refractivity contribution >= 4 is 29.6 Å². The lowest BCUT2D eigenvalue weighted by atomic mass is 10.0. The molecule has 13 heteroatoms. The highest BCUT2D eigenvalue weighted by atomic mass is 16.4. The molecule has 1 heterocycles. The average molecular weight is 612 g/mol. The van der Waals surface area contributed by atoms with Crippen molar-refractivity contribution in [2.45, 2.75) is 76.7 Å². The Morgan fingerprint density at radius 3 is 1.82 bits per heavy atom. The lowest BCUT2D eigenvalue weighted by Crippen LogP contribution is -2.59. The number of phenolic OH excluding ortho intramolecular Hbond substituents is 2. The zero-order chi connectivity index (χ0) is 32.6. The minimum absolute atomic E-state index is 0.00885. The number of carboxylic acid groups (broad SMARTS) is 1. The minimum atomic E-state index is -1.34. The fourth-order valence-corrected chi connectivity index (χ4v) is 4.97. The van der Waals surface area contributed by atoms with Crippen LogP contribution in [-0.2, 0) is 36.8 Å². The van der Waals surface area contributed by atoms with Gasteiger partial charge in [0.15, 0.2) is 0 Å². The molecule has 44 heavy (non-hydrogen) atoms. The molecule has 0 saturated carbocycles. The number of carbonyl (C=O) groups is 5. The van der Waals surface area contributed by atoms with Crippen LogP contribution >= 0.6 is 0 Å². The number of nitrogens with zero attached hydrogens (tertiary/aromatic N) is 1. The van der Waals surface area contributed by atoms with E-state index in [4.69, 9.17) is 5.73 Å². The molecule has 8 N–H and O–H groups in total. The van der Waals surface area contributed by atoms with Crippen molar-refractivity contribution in [1.29, 1.82) is 0 Å². The Kier molecular flexibility index (Phi) is 11.7. The summed E-state index contributed by atoms with van der Waals surface area (Å²) in [7, 11) is 0. The third kappa shape index (κ3) is 9.17. The number of carboxylic acids is 1. The fourth-order valence-electron chi connectivity index (χ4n) is 4.97. The maximum absolute atomic E-state index is 13.6. The van der Waals surface area contributed by atoms with Gasteiger partial charge in [0, 0.05) is 19.4 Å². The Morgan fingerprint density at radius 1 is 0.818 bits per heavy atom. The van der Waals surface area contributed by atoms with Crippen molar-refractivity contribution < 1.29 is 39.3 Å². The van der Waals surface area contributed by atoms with E-state index in [1.807, 2.05) is 0 Å². The van der Waals surface area contributed by atoms with Gasteiger partial charge in [0.05, 0.1) is 6.04 Å². The summed E-state index contributed by atoms with van der Waals surface area (Å²) >= 11 is 0. The van der Waals surface area contributed by atoms with Crippen LogP contribution in [0.4, 0.5) is 0 Å². The Labute approximate surface area is 255 Å². The van der Waals surface area contributed by atoms with Gasteiger partial charge in [0.1, 0.15) is 35.7 Å². The van der Waals surface area contributed by atoms with Gasteiger partial charge in [-0.2, -0.15) is 0 Å². The summed E-state index contributed by atoms with van der Waals surface area (Å²) in [5.74, 6) is -3.84. The van der Waals surface area contributed by atoms with Crippen LogP contribution in [0.5, 0.6) is 11.5 Å². The number of benzene rings is 2. The predicted molar refractivity (Wildman–Crippen MR) is 160 cm³/mol. The lowest BCUT2D eigenvalue weighted by Gasteiger charge is -2.31. The molecule has 0 radical (unpaired) electrons. The van der Waals surface area contributed by atoms with E-state index in [0.717, 1.165) is 0 Å². The Balaban J connectivity index is 1.81. The van der Waals surface area contributed by atoms with Gasteiger partial charge in [0.25, 0.3) is 0 Å². The molecule has 0 unspecified atom stereocenters. The van der Waals surface area contributed by atoms with Gasteiger partial charge < -0.3 is 41.9 Å². The molecule has 0 aliphatic carbocycles. The zero-order valence-electron chi connectivity index (χ0n) is 25.0. The number of nitrogens with two attached hydrogens (primary N) is 1. The zero-order valence-corrected chi connectivity index (χ0v) is 25.0. The highest BCUT2D eigenvalue weighted by Crippen LogP contribution is 2.21. The quantitative estimate of drug-likeness (QED) is 0.167. The van der Waals surface area contributed by atoms with E-state index in [1.165, 1.54) is 36.1 Å². The summed E-state index contributed by atoms with van der Waals surface area (Å²) in [4.78, 5) is 66.4. The van der Waals surface area contributed by atoms with E-state index < -0.39 is 59.8 Å². The van der Waals surface area contributed by atoms with Crippen molar-refractivity contribution in [2.75, 3.05) is 6.54 Å². The summed E-state index contributed by atoms with van der Waals surface area (Å²) in [6, 6.07) is 6.69. The third-order valence-electron chi connectivity index (χ3n) is 7.48. The number of hydrogen-bond acceptors (Lipinski definition) is 8. The highest BCUT2D eigenvalue weighted by molar-refractivity contribution is 5.96. The molecular weight excluding hydrogens is 570 g/mol. The van der Waals surface area contributed by atoms with Crippen LogP contribution in [0.1, 0.15) is 44.7 Å². The second-order valence-electron chi connectivity index (χ2n) is 11.4. The molecule has 2 aromatic rings. The molecule has 3 rings (SSSR count). The van der Waals surface area contributed by atoms with Crippen molar-refractivity contribution in [2.24, 2.45) is 11.7 Å². The number of rotatable bonds is 13. The van der Waals surface area contributed by atoms with Gasteiger partial charge in [-0.1, -0.05) is 38.1 Å². The van der Waals surface area contributed by atoms with Gasteiger partial charge in [-0.15, -0.1) is 0 Å². The van der Waals surface area contributed by atoms with E-state index >= 15 is 0 Å². The highest BCUT2D eigenvalue weighted by Gasteiger charge is 2.40. The summed E-state index contributed by atoms with van der Waals surface area (Å²) in [5, 5.41) is 36.9. The molecule has 1 saturated heterocycles. The van der Waals surface area contributed by atoms with Crippen LogP contribution in [0, 0.1) is 5.92 Å². The molecule has 1 fully saturated rings. The first kappa shape index (κ1) is 33.8. The summed E-state index contributed by atoms with van der Waals surface area (Å²) in [6.45, 7) is 5.31. The van der Waals surface area contributed by atoms with E-state index in [9.17, 15) is 39.3 Å². The van der Waals surface area contributed by atoms with Crippen LogP contribution in [0.3, 0.4) is 0 Å². The Bertz CT molecular complexity index is 1330. The number of hydrogen-bond donors (Lipinski definition) is 7. The molecule has 1 aliphatic rings. The first-order chi connectivity index (χ1) is 20.8. The second kappa shape index (κ2) is 15.2. The number of carbonyl (C=O) groups excluding carboxylic acids is 4. The average Bonchev–Trinajstić information content (AvgIpc) is 3.47. The molecule has 0 spiro atoms. The molecule has 2 aromatic carbocycles. The van der Waals surface area contributed by atoms with Crippen molar-refractivity contribution in [1.82, 2.24) is 20.9 Å². The fraction of sp³-hybridized carbons (Fsp3) is 0.452. The van der Waals surface area contributed by atoms with E-state index in [2.05, 4.69) is 16.0 Å². The smallest absolute Gasteiger partial charge is 0.326 e. The van der Waals surface area contributed by atoms with Gasteiger partial charge in [0.2, 0.25) is 23.6 Å². The number of likely N-dealkylation sites (tertiary alicyclic amines) is 1. The number of phenols is 2. The van der Waals surface area contributed by atoms with E-state index in [-0.39, 0.29) is 36.8 Å². The largest absolute Gasteiger partial charge is 0.508 e. The van der Waals surface area contributed by atoms with Gasteiger partial charge >= 0.3 is 5.97 Å². The number of nitrogens with one attached hydrogen (secondary N) is 3. The van der Waals surface area contributed by atoms with Crippen LogP contribution in [0.15, 0.2) is 48.5 Å². The maximum Gasteiger partial charge on any atom is 0.326 e. The monoisotopic (exact) mass is 611 g/mol. The number of amides is 4. The molecule has 5 atom stereocenters. The molecule has 1 aliphatic heterocycles. The standard InChI is InChI=1S/C31H41N5O8/c1-17(2)26(35-27(39)18(3)32)30(42)36-14-4-5-25(36)29(41)33-23(15-19-6-10-21(37)11-7-19)28(40)34-24(31(43)44)16-20-8-12-22(38)13-9-20/h6-13,17-18,23-26,37-38H,4-5,14-16,32H2,1-3H3,(H,33,41)(H,34,40)(H,35,39)(H,43,44)/t18-,23-,24-,25-,26-/m0/s1. The van der Waals surface area contributed by atoms with E-state index in [0.29, 0.717) is 24.0 Å². The van der Waals surface area contributed by atoms with Gasteiger partial charge in [-0.05, 0) is 61.1 Å². The first-order valence-corrected chi connectivity index (χ1v) is 14.5. The SMILES string of the molecule is CC(C)[C@H](NC(=O)[C@H](C)N)C(=O)N1CCC[C@H]1C(=O)N[C@@H](Cc1ccc(O)cc1)C(=O)N[C@@H](Cc1ccc(O)cc1)C(=O)O. The van der Waals surface area contributed by atoms with E-state index in [1.54, 1.807) is 38.1 Å². The molecule has 0 aromatic heterocycles. The Hall–Kier alpha value is -4.65. The molecular formula is C31H41N5O8. The van der Waals surface area contributed by atoms with Crippen LogP contribution in [0.2, 0.25) is 0 Å². The number of aromatic hydroxyl groups is 2. The Morgan fingerprint density at radius 2 is 1.34 bits per heavy atom. The lowest BCUT2D eigenvalue weighted by molar-refractivity contribution is -0.144. The number of aliphatic carboxylic acids is 1. The minimum Gasteiger partial charge on any atom is -0.508 e. The van der Waals surface area contributed by atoms with Crippen LogP contribution < -0.4 is 21.7 Å². The predicted octanol–water partition coefficient (Wildman–Crippen LogP) is 0.416. The van der Waals surface area contributed by atoms with Crippen LogP contribution in [0.25, 0.3) is 0 Å². The van der Waals surface area contributed by atoms with Crippen molar-refractivity contribution in [3.05, 3.63) is 59.7 Å². The van der Waals surface area contributed by atoms with Crippen molar-refractivity contribution in [3.63, 3.8) is 0 Å². The molecule has 0 bridgehead atoms. The van der Waals surface area contributed by atoms with Crippen LogP contribution in [-0.4, -0.2) is 86.6 Å². The van der Waals surface area contributed by atoms with Gasteiger partial charge in [-0.3, -0.25) is 19.2 Å². The topological polar surface area (TPSA) is 211 Å². The van der Waals surface area contributed by atoms with Crippen molar-refractivity contribution in [3.8, 4) is 11.5 Å². The maximum atomic E-state index is 13.6. The summed E-state index contributed by atoms with van der Waals surface area (Å²) < 4.78 is 0. The summed E-state index contributed by atoms with van der Waals surface area (Å²) in [5.41, 5.74) is 6.82.